The molecule has 198 valence electrons. The fourth-order valence-corrected chi connectivity index (χ4v) is 5.40. The maximum Gasteiger partial charge on any atom is 0.354 e. The molecule has 1 aromatic carbocycles. The van der Waals surface area contributed by atoms with Gasteiger partial charge < -0.3 is 21.3 Å². The number of nitrogens with one attached hydrogen (secondary N) is 1. The summed E-state index contributed by atoms with van der Waals surface area (Å²) < 4.78 is 1.45. The van der Waals surface area contributed by atoms with Gasteiger partial charge in [-0.15, -0.1) is 0 Å². The van der Waals surface area contributed by atoms with Crippen LogP contribution in [0.2, 0.25) is 0 Å². The molecule has 5 N–H and O–H groups in total. The topological polar surface area (TPSA) is 143 Å². The van der Waals surface area contributed by atoms with Gasteiger partial charge in [-0.05, 0) is 55.9 Å². The number of hydrogen-bond acceptors (Lipinski definition) is 7. The summed E-state index contributed by atoms with van der Waals surface area (Å²) in [4.78, 5) is 47.8. The second kappa shape index (κ2) is 9.88. The highest BCUT2D eigenvalue weighted by Gasteiger charge is 2.53. The zero-order valence-electron chi connectivity index (χ0n) is 21.5. The smallest absolute Gasteiger partial charge is 0.339 e. The fraction of sp³-hybridized carbons (Fsp3) is 0.538. The summed E-state index contributed by atoms with van der Waals surface area (Å²) in [7, 11) is 0. The average Bonchev–Trinajstić information content (AvgIpc) is 3.35. The largest absolute Gasteiger partial charge is 0.354 e. The highest BCUT2D eigenvalue weighted by atomic mass is 16.2. The number of carbonyl (C=O) groups excluding carboxylic acids is 2. The molecule has 0 spiro atoms. The van der Waals surface area contributed by atoms with Crippen molar-refractivity contribution in [2.24, 2.45) is 23.3 Å². The van der Waals surface area contributed by atoms with Crippen LogP contribution in [-0.4, -0.2) is 87.0 Å². The molecule has 3 amide bonds. The normalized spacial score (nSPS) is 23.9. The fourth-order valence-electron chi connectivity index (χ4n) is 5.40. The molecule has 5 rings (SSSR count). The third-order valence-electron chi connectivity index (χ3n) is 7.62. The van der Waals surface area contributed by atoms with E-state index in [4.69, 9.17) is 11.5 Å². The van der Waals surface area contributed by atoms with E-state index in [0.717, 1.165) is 19.6 Å². The van der Waals surface area contributed by atoms with Crippen molar-refractivity contribution in [3.63, 3.8) is 0 Å². The summed E-state index contributed by atoms with van der Waals surface area (Å²) in [6.45, 7) is 8.18. The number of likely N-dealkylation sites (tertiary alicyclic amines) is 1. The minimum atomic E-state index is -0.950. The van der Waals surface area contributed by atoms with Crippen LogP contribution in [0.25, 0.3) is 5.69 Å². The second-order valence-electron chi connectivity index (χ2n) is 11.0. The number of anilines is 1. The first-order chi connectivity index (χ1) is 17.6. The van der Waals surface area contributed by atoms with Crippen LogP contribution in [0.15, 0.2) is 41.3 Å². The summed E-state index contributed by atoms with van der Waals surface area (Å²) in [6, 6.07) is 9.52. The van der Waals surface area contributed by atoms with Gasteiger partial charge >= 0.3 is 11.7 Å². The Morgan fingerprint density at radius 1 is 1.03 bits per heavy atom. The highest BCUT2D eigenvalue weighted by molar-refractivity contribution is 5.88. The van der Waals surface area contributed by atoms with Crippen LogP contribution >= 0.6 is 0 Å². The lowest BCUT2D eigenvalue weighted by atomic mass is 10.1. The molecule has 2 saturated heterocycles. The maximum atomic E-state index is 12.8. The van der Waals surface area contributed by atoms with Crippen molar-refractivity contribution in [1.29, 1.82) is 0 Å². The van der Waals surface area contributed by atoms with E-state index in [1.807, 2.05) is 24.3 Å². The summed E-state index contributed by atoms with van der Waals surface area (Å²) in [5.41, 5.74) is 12.5. The van der Waals surface area contributed by atoms with E-state index in [0.29, 0.717) is 56.2 Å². The molecule has 1 unspecified atom stereocenters. The highest BCUT2D eigenvalue weighted by Crippen LogP contribution is 2.44. The maximum absolute atomic E-state index is 12.8. The van der Waals surface area contributed by atoms with E-state index in [-0.39, 0.29) is 17.8 Å². The predicted molar refractivity (Wildman–Crippen MR) is 140 cm³/mol. The number of amides is 3. The van der Waals surface area contributed by atoms with Gasteiger partial charge in [0.1, 0.15) is 5.82 Å². The van der Waals surface area contributed by atoms with Crippen LogP contribution in [0.3, 0.4) is 0 Å². The molecule has 3 atom stereocenters. The molecular formula is C26H36N8O3. The minimum Gasteiger partial charge on any atom is -0.339 e. The monoisotopic (exact) mass is 508 g/mol. The van der Waals surface area contributed by atoms with Crippen molar-refractivity contribution in [1.82, 2.24) is 24.3 Å². The van der Waals surface area contributed by atoms with Gasteiger partial charge in [0.25, 0.3) is 0 Å². The standard InChI is InChI=1S/C26H36N8O3/c1-26(2,28)23(35)32-9-3-10-33(13-12-32)24(36)29-21-8-11-34(25(37)30-21)18-6-4-17(5-7-18)14-31-15-19-20(16-31)22(19)27/h4-8,11,19-20,22H,3,9-10,12-16,27-28H2,1-2H3,(H,29,30,36,37)/t19-,20+,22?. The summed E-state index contributed by atoms with van der Waals surface area (Å²) in [5.74, 6) is 1.37. The van der Waals surface area contributed by atoms with Crippen molar-refractivity contribution < 1.29 is 9.59 Å². The first kappa shape index (κ1) is 25.4. The number of urea groups is 1. The Bertz CT molecular complexity index is 1210. The van der Waals surface area contributed by atoms with E-state index in [1.165, 1.54) is 10.1 Å². The van der Waals surface area contributed by atoms with Gasteiger partial charge in [0.05, 0.1) is 11.2 Å². The van der Waals surface area contributed by atoms with Gasteiger partial charge in [-0.25, -0.2) is 9.59 Å². The third kappa shape index (κ3) is 5.53. The molecule has 1 aliphatic carbocycles. The quantitative estimate of drug-likeness (QED) is 0.531. The molecule has 11 heteroatoms. The molecular weight excluding hydrogens is 472 g/mol. The Morgan fingerprint density at radius 3 is 2.32 bits per heavy atom. The van der Waals surface area contributed by atoms with Crippen LogP contribution in [0.1, 0.15) is 25.8 Å². The van der Waals surface area contributed by atoms with Gasteiger partial charge in [-0.1, -0.05) is 12.1 Å². The van der Waals surface area contributed by atoms with Crippen LogP contribution in [-0.2, 0) is 11.3 Å². The first-order valence-corrected chi connectivity index (χ1v) is 12.9. The second-order valence-corrected chi connectivity index (χ2v) is 11.0. The van der Waals surface area contributed by atoms with Crippen LogP contribution in [0, 0.1) is 11.8 Å². The van der Waals surface area contributed by atoms with Crippen LogP contribution in [0.5, 0.6) is 0 Å². The number of benzene rings is 1. The van der Waals surface area contributed by atoms with E-state index < -0.39 is 11.2 Å². The zero-order valence-corrected chi connectivity index (χ0v) is 21.5. The first-order valence-electron chi connectivity index (χ1n) is 12.9. The van der Waals surface area contributed by atoms with Gasteiger partial charge in [0, 0.05) is 58.1 Å². The molecule has 11 nitrogen and oxygen atoms in total. The van der Waals surface area contributed by atoms with Crippen LogP contribution in [0.4, 0.5) is 10.6 Å². The molecule has 37 heavy (non-hydrogen) atoms. The van der Waals surface area contributed by atoms with Crippen LogP contribution < -0.4 is 22.5 Å². The SMILES string of the molecule is CC(C)(N)C(=O)N1CCCN(C(=O)Nc2ccn(-c3ccc(CN4C[C@@H]5C(N)[C@@H]5C4)cc3)c(=O)n2)CC1. The van der Waals surface area contributed by atoms with E-state index in [9.17, 15) is 14.4 Å². The van der Waals surface area contributed by atoms with Gasteiger partial charge in [-0.2, -0.15) is 4.98 Å². The van der Waals surface area contributed by atoms with Crippen molar-refractivity contribution in [3.05, 3.63) is 52.6 Å². The third-order valence-corrected chi connectivity index (χ3v) is 7.62. The Balaban J connectivity index is 1.17. The minimum absolute atomic E-state index is 0.134. The number of carbonyl (C=O) groups is 2. The van der Waals surface area contributed by atoms with Crippen molar-refractivity contribution in [3.8, 4) is 5.69 Å². The zero-order chi connectivity index (χ0) is 26.3. The molecule has 1 saturated carbocycles. The number of piperidine rings is 1. The Labute approximate surface area is 216 Å². The summed E-state index contributed by atoms with van der Waals surface area (Å²) in [6.07, 6.45) is 2.26. The summed E-state index contributed by atoms with van der Waals surface area (Å²) in [5, 5.41) is 2.71. The average molecular weight is 509 g/mol. The van der Waals surface area contributed by atoms with Crippen molar-refractivity contribution in [2.45, 2.75) is 38.4 Å². The Kier molecular flexibility index (Phi) is 6.78. The Morgan fingerprint density at radius 2 is 1.68 bits per heavy atom. The van der Waals surface area contributed by atoms with Gasteiger partial charge in [0.15, 0.2) is 0 Å². The van der Waals surface area contributed by atoms with Crippen molar-refractivity contribution in [2.75, 3.05) is 44.6 Å². The summed E-state index contributed by atoms with van der Waals surface area (Å²) >= 11 is 0. The van der Waals surface area contributed by atoms with Crippen molar-refractivity contribution >= 4 is 17.8 Å². The van der Waals surface area contributed by atoms with Gasteiger partial charge in [0.2, 0.25) is 5.91 Å². The molecule has 2 aliphatic heterocycles. The molecule has 3 aliphatic rings. The molecule has 3 fully saturated rings. The number of hydrogen-bond donors (Lipinski definition) is 3. The predicted octanol–water partition coefficient (Wildman–Crippen LogP) is 0.425. The molecule has 1 aromatic heterocycles. The number of rotatable bonds is 5. The molecule has 3 heterocycles. The lowest BCUT2D eigenvalue weighted by Crippen LogP contribution is -2.52. The number of fused-ring (bicyclic) bond motifs is 1. The lowest BCUT2D eigenvalue weighted by molar-refractivity contribution is -0.135. The number of nitrogens with zero attached hydrogens (tertiary/aromatic N) is 5. The Hall–Kier alpha value is -3.28. The molecule has 0 radical (unpaired) electrons. The number of aromatic nitrogens is 2. The van der Waals surface area contributed by atoms with E-state index >= 15 is 0 Å². The number of nitrogens with two attached hydrogens (primary N) is 2. The van der Waals surface area contributed by atoms with E-state index in [1.54, 1.807) is 35.9 Å². The molecule has 2 aromatic rings. The lowest BCUT2D eigenvalue weighted by Gasteiger charge is -2.28. The molecule has 0 bridgehead atoms. The van der Waals surface area contributed by atoms with Gasteiger partial charge in [-0.3, -0.25) is 19.6 Å². The van der Waals surface area contributed by atoms with E-state index in [2.05, 4.69) is 15.2 Å².